The van der Waals surface area contributed by atoms with Crippen molar-refractivity contribution in [3.8, 4) is 11.4 Å². The maximum absolute atomic E-state index is 10.9. The lowest BCUT2D eigenvalue weighted by molar-refractivity contribution is -0.384. The first-order valence-corrected chi connectivity index (χ1v) is 6.15. The van der Waals surface area contributed by atoms with Gasteiger partial charge in [0.2, 0.25) is 0 Å². The lowest BCUT2D eigenvalue weighted by Gasteiger charge is -2.10. The van der Waals surface area contributed by atoms with Crippen molar-refractivity contribution in [3.05, 3.63) is 34.0 Å². The molecular formula is C12H13N5O3. The molecule has 20 heavy (non-hydrogen) atoms. The minimum atomic E-state index is -0.458. The second-order valence-electron chi connectivity index (χ2n) is 4.66. The molecule has 1 aromatic carbocycles. The number of anilines is 1. The van der Waals surface area contributed by atoms with Crippen molar-refractivity contribution in [2.45, 2.75) is 18.8 Å². The highest BCUT2D eigenvalue weighted by Gasteiger charge is 2.32. The van der Waals surface area contributed by atoms with Gasteiger partial charge in [0.05, 0.1) is 17.7 Å². The Kier molecular flexibility index (Phi) is 2.78. The van der Waals surface area contributed by atoms with E-state index in [1.165, 1.54) is 19.2 Å². The molecule has 3 rings (SSSR count). The molecule has 1 saturated carbocycles. The molecule has 1 aromatic heterocycles. The number of nitro benzene ring substituents is 1. The molecule has 8 nitrogen and oxygen atoms in total. The monoisotopic (exact) mass is 275 g/mol. The molecule has 1 heterocycles. The number of nitrogen functional groups attached to an aromatic ring is 1. The van der Waals surface area contributed by atoms with E-state index in [1.54, 1.807) is 10.7 Å². The molecule has 104 valence electrons. The predicted molar refractivity (Wildman–Crippen MR) is 71.0 cm³/mol. The number of methoxy groups -OCH3 is 1. The normalized spacial score (nSPS) is 14.2. The van der Waals surface area contributed by atoms with E-state index in [-0.39, 0.29) is 5.69 Å². The van der Waals surface area contributed by atoms with E-state index in [9.17, 15) is 10.1 Å². The van der Waals surface area contributed by atoms with E-state index >= 15 is 0 Å². The van der Waals surface area contributed by atoms with Crippen LogP contribution >= 0.6 is 0 Å². The Hall–Kier alpha value is -2.64. The fraction of sp³-hybridized carbons (Fsp3) is 0.333. The summed E-state index contributed by atoms with van der Waals surface area (Å²) in [5.41, 5.74) is 7.08. The Morgan fingerprint density at radius 2 is 2.25 bits per heavy atom. The van der Waals surface area contributed by atoms with Crippen LogP contribution in [0.3, 0.4) is 0 Å². The highest BCUT2D eigenvalue weighted by Crippen LogP contribution is 2.43. The standard InChI is InChI=1S/C12H13N5O3/c1-20-10-5-4-8(17(18)19)6-9(10)16-11(7-2-3-7)12(13)14-15-16/h4-7H,2-3,13H2,1H3. The number of rotatable bonds is 4. The van der Waals surface area contributed by atoms with Crippen LogP contribution in [0, 0.1) is 10.1 Å². The van der Waals surface area contributed by atoms with Gasteiger partial charge in [0.15, 0.2) is 5.82 Å². The maximum Gasteiger partial charge on any atom is 0.271 e. The number of hydrogen-bond donors (Lipinski definition) is 1. The number of benzene rings is 1. The van der Waals surface area contributed by atoms with Crippen LogP contribution in [0.2, 0.25) is 0 Å². The van der Waals surface area contributed by atoms with Crippen LogP contribution in [-0.2, 0) is 0 Å². The molecule has 0 unspecified atom stereocenters. The number of nitrogens with two attached hydrogens (primary N) is 1. The number of non-ortho nitro benzene ring substituents is 1. The summed E-state index contributed by atoms with van der Waals surface area (Å²) in [6, 6.07) is 4.35. The molecule has 0 spiro atoms. The van der Waals surface area contributed by atoms with Crippen LogP contribution in [0.4, 0.5) is 11.5 Å². The van der Waals surface area contributed by atoms with Crippen molar-refractivity contribution in [1.82, 2.24) is 15.0 Å². The van der Waals surface area contributed by atoms with Gasteiger partial charge in [-0.05, 0) is 18.9 Å². The summed E-state index contributed by atoms with van der Waals surface area (Å²) in [6.45, 7) is 0. The van der Waals surface area contributed by atoms with E-state index in [4.69, 9.17) is 10.5 Å². The summed E-state index contributed by atoms with van der Waals surface area (Å²) in [4.78, 5) is 10.5. The van der Waals surface area contributed by atoms with E-state index < -0.39 is 4.92 Å². The molecule has 2 N–H and O–H groups in total. The van der Waals surface area contributed by atoms with Crippen LogP contribution in [0.1, 0.15) is 24.5 Å². The van der Waals surface area contributed by atoms with Gasteiger partial charge < -0.3 is 10.5 Å². The number of aromatic nitrogens is 3. The van der Waals surface area contributed by atoms with Gasteiger partial charge in [0, 0.05) is 18.1 Å². The zero-order valence-corrected chi connectivity index (χ0v) is 10.8. The summed E-state index contributed by atoms with van der Waals surface area (Å²) in [7, 11) is 1.50. The average Bonchev–Trinajstić information content (AvgIpc) is 3.21. The Morgan fingerprint density at radius 3 is 2.85 bits per heavy atom. The van der Waals surface area contributed by atoms with E-state index in [0.29, 0.717) is 23.2 Å². The lowest BCUT2D eigenvalue weighted by Crippen LogP contribution is -2.05. The third-order valence-electron chi connectivity index (χ3n) is 3.30. The van der Waals surface area contributed by atoms with Gasteiger partial charge in [0.1, 0.15) is 11.4 Å². The number of nitrogens with zero attached hydrogens (tertiary/aromatic N) is 4. The van der Waals surface area contributed by atoms with Crippen molar-refractivity contribution in [1.29, 1.82) is 0 Å². The molecule has 1 aliphatic rings. The van der Waals surface area contributed by atoms with Gasteiger partial charge in [0.25, 0.3) is 5.69 Å². The highest BCUT2D eigenvalue weighted by molar-refractivity contribution is 5.56. The molecule has 0 saturated heterocycles. The zero-order valence-electron chi connectivity index (χ0n) is 10.8. The molecule has 0 amide bonds. The van der Waals surface area contributed by atoms with Crippen LogP contribution in [0.25, 0.3) is 5.69 Å². The van der Waals surface area contributed by atoms with Crippen LogP contribution in [0.15, 0.2) is 18.2 Å². The second kappa shape index (κ2) is 4.48. The van der Waals surface area contributed by atoms with Gasteiger partial charge in [-0.1, -0.05) is 5.21 Å². The van der Waals surface area contributed by atoms with Crippen molar-refractivity contribution < 1.29 is 9.66 Å². The summed E-state index contributed by atoms with van der Waals surface area (Å²) in [5, 5.41) is 18.8. The molecule has 8 heteroatoms. The quantitative estimate of drug-likeness (QED) is 0.671. The number of ether oxygens (including phenoxy) is 1. The van der Waals surface area contributed by atoms with Crippen molar-refractivity contribution in [2.24, 2.45) is 0 Å². The van der Waals surface area contributed by atoms with Gasteiger partial charge in [-0.15, -0.1) is 5.10 Å². The first-order chi connectivity index (χ1) is 9.61. The third kappa shape index (κ3) is 1.94. The summed E-state index contributed by atoms with van der Waals surface area (Å²) < 4.78 is 6.79. The third-order valence-corrected chi connectivity index (χ3v) is 3.30. The average molecular weight is 275 g/mol. The summed E-state index contributed by atoms with van der Waals surface area (Å²) in [5.74, 6) is 1.16. The van der Waals surface area contributed by atoms with Crippen molar-refractivity contribution in [3.63, 3.8) is 0 Å². The fourth-order valence-corrected chi connectivity index (χ4v) is 2.18. The molecule has 1 aliphatic carbocycles. The SMILES string of the molecule is COc1ccc([N+](=O)[O-])cc1-n1nnc(N)c1C1CC1. The van der Waals surface area contributed by atoms with Gasteiger partial charge in [-0.25, -0.2) is 4.68 Å². The minimum absolute atomic E-state index is 0.0309. The summed E-state index contributed by atoms with van der Waals surface area (Å²) in [6.07, 6.45) is 2.05. The Morgan fingerprint density at radius 1 is 1.50 bits per heavy atom. The lowest BCUT2D eigenvalue weighted by atomic mass is 10.2. The summed E-state index contributed by atoms with van der Waals surface area (Å²) >= 11 is 0. The Balaban J connectivity index is 2.17. The molecule has 1 fully saturated rings. The first-order valence-electron chi connectivity index (χ1n) is 6.15. The minimum Gasteiger partial charge on any atom is -0.494 e. The molecule has 0 radical (unpaired) electrons. The Bertz CT molecular complexity index is 678. The van der Waals surface area contributed by atoms with E-state index in [0.717, 1.165) is 18.5 Å². The topological polar surface area (TPSA) is 109 Å². The maximum atomic E-state index is 10.9. The van der Waals surface area contributed by atoms with Crippen molar-refractivity contribution in [2.75, 3.05) is 12.8 Å². The van der Waals surface area contributed by atoms with Crippen LogP contribution in [0.5, 0.6) is 5.75 Å². The number of nitro groups is 1. The Labute approximate surface area is 114 Å². The number of hydrogen-bond acceptors (Lipinski definition) is 6. The van der Waals surface area contributed by atoms with Crippen molar-refractivity contribution >= 4 is 11.5 Å². The predicted octanol–water partition coefficient (Wildman–Crippen LogP) is 1.64. The zero-order chi connectivity index (χ0) is 14.3. The van der Waals surface area contributed by atoms with Crippen LogP contribution < -0.4 is 10.5 Å². The largest absolute Gasteiger partial charge is 0.494 e. The van der Waals surface area contributed by atoms with Gasteiger partial charge >= 0.3 is 0 Å². The second-order valence-corrected chi connectivity index (χ2v) is 4.66. The molecule has 0 atom stereocenters. The van der Waals surface area contributed by atoms with E-state index in [2.05, 4.69) is 10.3 Å². The van der Waals surface area contributed by atoms with Gasteiger partial charge in [-0.3, -0.25) is 10.1 Å². The van der Waals surface area contributed by atoms with Crippen LogP contribution in [-0.4, -0.2) is 27.0 Å². The van der Waals surface area contributed by atoms with E-state index in [1.807, 2.05) is 0 Å². The van der Waals surface area contributed by atoms with Gasteiger partial charge in [-0.2, -0.15) is 0 Å². The highest BCUT2D eigenvalue weighted by atomic mass is 16.6. The molecule has 2 aromatic rings. The molecule has 0 aliphatic heterocycles. The molecular weight excluding hydrogens is 262 g/mol. The molecule has 0 bridgehead atoms. The fourth-order valence-electron chi connectivity index (χ4n) is 2.18. The first kappa shape index (κ1) is 12.4. The smallest absolute Gasteiger partial charge is 0.271 e.